The van der Waals surface area contributed by atoms with Gasteiger partial charge in [-0.2, -0.15) is 12.2 Å². The van der Waals surface area contributed by atoms with Crippen LogP contribution < -0.4 is 4.74 Å². The van der Waals surface area contributed by atoms with E-state index in [4.69, 9.17) is 4.74 Å². The van der Waals surface area contributed by atoms with Crippen molar-refractivity contribution in [2.75, 3.05) is 13.7 Å². The third-order valence-electron chi connectivity index (χ3n) is 2.96. The normalized spacial score (nSPS) is 14.4. The monoisotopic (exact) mass is 411 g/mol. The van der Waals surface area contributed by atoms with Gasteiger partial charge in [0.05, 0.1) is 18.7 Å². The number of nitrogens with zero attached hydrogens (tertiary/aromatic N) is 1. The van der Waals surface area contributed by atoms with Crippen LogP contribution in [0.2, 0.25) is 0 Å². The van der Waals surface area contributed by atoms with Gasteiger partial charge in [-0.3, -0.25) is 0 Å². The van der Waals surface area contributed by atoms with E-state index in [1.165, 1.54) is 13.2 Å². The Labute approximate surface area is 152 Å². The molecule has 0 aromatic heterocycles. The number of hydrogen-bond donors (Lipinski definition) is 0. The molecule has 20 heavy (non-hydrogen) atoms. The van der Waals surface area contributed by atoms with Crippen LogP contribution in [0.25, 0.3) is 5.70 Å². The molecule has 1 aliphatic rings. The van der Waals surface area contributed by atoms with Crippen molar-refractivity contribution in [1.29, 1.82) is 0 Å². The molecule has 0 bridgehead atoms. The molecule has 0 saturated heterocycles. The van der Waals surface area contributed by atoms with Gasteiger partial charge in [-0.05, 0) is 30.3 Å². The molecule has 2 nitrogen and oxygen atoms in total. The van der Waals surface area contributed by atoms with Gasteiger partial charge < -0.3 is 9.64 Å². The molecular weight excluding hydrogens is 398 g/mol. The van der Waals surface area contributed by atoms with Crippen LogP contribution in [0, 0.1) is 11.9 Å². The largest absolute Gasteiger partial charge is 0.509 e. The van der Waals surface area contributed by atoms with Gasteiger partial charge in [0.2, 0.25) is 0 Å². The second kappa shape index (κ2) is 7.53. The van der Waals surface area contributed by atoms with Crippen molar-refractivity contribution in [2.45, 2.75) is 6.92 Å². The summed E-state index contributed by atoms with van der Waals surface area (Å²) in [5, 5.41) is 0. The predicted octanol–water partition coefficient (Wildman–Crippen LogP) is 4.10. The fourth-order valence-corrected chi connectivity index (χ4v) is 2.35. The molecule has 2 rings (SSSR count). The van der Waals surface area contributed by atoms with Crippen molar-refractivity contribution < 1.29 is 41.8 Å². The Balaban J connectivity index is 0.00000200. The molecule has 1 radical (unpaired) electrons. The van der Waals surface area contributed by atoms with Crippen molar-refractivity contribution in [3.63, 3.8) is 0 Å². The van der Waals surface area contributed by atoms with Gasteiger partial charge in [-0.25, -0.2) is 4.39 Å². The van der Waals surface area contributed by atoms with Crippen LogP contribution >= 0.6 is 15.9 Å². The number of benzene rings is 1. The summed E-state index contributed by atoms with van der Waals surface area (Å²) < 4.78 is 20.2. The van der Waals surface area contributed by atoms with Gasteiger partial charge in [0.25, 0.3) is 0 Å². The third-order valence-corrected chi connectivity index (χ3v) is 3.64. The van der Waals surface area contributed by atoms with E-state index in [2.05, 4.69) is 28.6 Å². The van der Waals surface area contributed by atoms with Crippen LogP contribution in [-0.2, 0) is 32.7 Å². The second-order valence-electron chi connectivity index (χ2n) is 3.99. The van der Waals surface area contributed by atoms with E-state index in [9.17, 15) is 4.39 Å². The van der Waals surface area contributed by atoms with Gasteiger partial charge in [0.1, 0.15) is 0 Å². The Hall–Kier alpha value is -0.446. The molecule has 5 heteroatoms. The molecule has 1 aromatic rings. The van der Waals surface area contributed by atoms with Gasteiger partial charge in [-0.15, -0.1) is 15.9 Å². The van der Waals surface area contributed by atoms with Crippen molar-refractivity contribution >= 4 is 21.6 Å². The van der Waals surface area contributed by atoms with E-state index >= 15 is 0 Å². The molecule has 0 aliphatic carbocycles. The third kappa shape index (κ3) is 3.24. The Morgan fingerprint density at radius 1 is 1.45 bits per heavy atom. The first-order valence-electron chi connectivity index (χ1n) is 5.89. The van der Waals surface area contributed by atoms with Crippen LogP contribution in [0.5, 0.6) is 5.75 Å². The SMILES string of the molecule is C=C1C(Br)=C[C-]=C(c2c(F)cccc2OC)N1CC.[Y]. The molecule has 0 atom stereocenters. The zero-order valence-corrected chi connectivity index (χ0v) is 15.8. The molecule has 0 unspecified atom stereocenters. The van der Waals surface area contributed by atoms with Crippen LogP contribution in [-0.4, -0.2) is 18.6 Å². The summed E-state index contributed by atoms with van der Waals surface area (Å²) in [6, 6.07) is 4.77. The summed E-state index contributed by atoms with van der Waals surface area (Å²) in [5.41, 5.74) is 1.82. The first-order valence-corrected chi connectivity index (χ1v) is 6.68. The summed E-state index contributed by atoms with van der Waals surface area (Å²) in [6.45, 7) is 6.64. The summed E-state index contributed by atoms with van der Waals surface area (Å²) in [4.78, 5) is 1.89. The van der Waals surface area contributed by atoms with Gasteiger partial charge >= 0.3 is 0 Å². The van der Waals surface area contributed by atoms with Gasteiger partial charge in [0, 0.05) is 39.3 Å². The van der Waals surface area contributed by atoms with Gasteiger partial charge in [0.15, 0.2) is 0 Å². The molecule has 1 heterocycles. The smallest absolute Gasteiger partial charge is 0.0817 e. The summed E-state index contributed by atoms with van der Waals surface area (Å²) in [5.74, 6) is 0.152. The van der Waals surface area contributed by atoms with Crippen molar-refractivity contribution in [1.82, 2.24) is 4.90 Å². The van der Waals surface area contributed by atoms with E-state index in [0.717, 1.165) is 10.2 Å². The Morgan fingerprint density at radius 3 is 2.75 bits per heavy atom. The Kier molecular flexibility index (Phi) is 6.63. The zero-order chi connectivity index (χ0) is 14.0. The molecule has 0 N–H and O–H groups in total. The van der Waals surface area contributed by atoms with Crippen LogP contribution in [0.3, 0.4) is 0 Å². The number of allylic oxidation sites excluding steroid dienone is 3. The average Bonchev–Trinajstić information content (AvgIpc) is 2.41. The van der Waals surface area contributed by atoms with E-state index in [1.807, 2.05) is 11.8 Å². The molecule has 0 amide bonds. The molecule has 103 valence electrons. The summed E-state index contributed by atoms with van der Waals surface area (Å²) in [6.07, 6.45) is 4.83. The number of halogens is 2. The number of ether oxygens (including phenoxy) is 1. The molecule has 0 fully saturated rings. The molecule has 1 aromatic carbocycles. The predicted molar refractivity (Wildman–Crippen MR) is 78.1 cm³/mol. The first kappa shape index (κ1) is 17.6. The quantitative estimate of drug-likeness (QED) is 0.694. The standard InChI is InChI=1S/C15H14BrFNO.Y/c1-4-18-10(2)11(16)8-9-13(18)15-12(17)6-5-7-14(15)19-3;/h5-8H,2,4H2,1,3H3;/q-1;. The first-order chi connectivity index (χ1) is 9.10. The number of methoxy groups -OCH3 is 1. The van der Waals surface area contributed by atoms with Crippen molar-refractivity contribution in [2.24, 2.45) is 0 Å². The maximum atomic E-state index is 14.1. The number of rotatable bonds is 3. The molecule has 0 saturated carbocycles. The second-order valence-corrected chi connectivity index (χ2v) is 4.85. The molecule has 1 aliphatic heterocycles. The van der Waals surface area contributed by atoms with Crippen molar-refractivity contribution in [3.05, 3.63) is 58.5 Å². The van der Waals surface area contributed by atoms with Crippen LogP contribution in [0.4, 0.5) is 4.39 Å². The average molecular weight is 412 g/mol. The Bertz CT molecular complexity index is 583. The van der Waals surface area contributed by atoms with Crippen LogP contribution in [0.15, 0.2) is 41.0 Å². The maximum Gasteiger partial charge on any atom is 0.0817 e. The van der Waals surface area contributed by atoms with E-state index in [0.29, 0.717) is 23.6 Å². The molecular formula is C15H14BrFNOY-. The zero-order valence-electron chi connectivity index (χ0n) is 11.4. The minimum Gasteiger partial charge on any atom is -0.509 e. The van der Waals surface area contributed by atoms with Crippen molar-refractivity contribution in [3.8, 4) is 5.75 Å². The number of likely N-dealkylation sites (N-methyl/N-ethyl adjacent to an activating group) is 1. The number of hydrogen-bond acceptors (Lipinski definition) is 2. The summed E-state index contributed by atoms with van der Waals surface area (Å²) in [7, 11) is 1.53. The molecule has 0 spiro atoms. The summed E-state index contributed by atoms with van der Waals surface area (Å²) >= 11 is 3.41. The minimum atomic E-state index is -0.334. The Morgan fingerprint density at radius 2 is 2.15 bits per heavy atom. The van der Waals surface area contributed by atoms with E-state index in [-0.39, 0.29) is 38.5 Å². The maximum absolute atomic E-state index is 14.1. The van der Waals surface area contributed by atoms with E-state index < -0.39 is 0 Å². The fraction of sp³-hybridized carbons (Fsp3) is 0.200. The van der Waals surface area contributed by atoms with E-state index in [1.54, 1.807) is 18.2 Å². The topological polar surface area (TPSA) is 12.5 Å². The van der Waals surface area contributed by atoms with Crippen LogP contribution in [0.1, 0.15) is 12.5 Å². The minimum absolute atomic E-state index is 0. The van der Waals surface area contributed by atoms with Gasteiger partial charge in [-0.1, -0.05) is 22.8 Å². The fourth-order valence-electron chi connectivity index (χ4n) is 2.02.